The smallest absolute Gasteiger partial charge is 0.125 e. The maximum Gasteiger partial charge on any atom is 0.125 e. The van der Waals surface area contributed by atoms with E-state index >= 15 is 0 Å². The first-order chi connectivity index (χ1) is 9.20. The maximum atomic E-state index is 6.45. The van der Waals surface area contributed by atoms with Crippen molar-refractivity contribution in [2.75, 3.05) is 7.11 Å². The van der Waals surface area contributed by atoms with E-state index in [4.69, 9.17) is 15.2 Å². The lowest BCUT2D eigenvalue weighted by Crippen LogP contribution is -2.47. The Morgan fingerprint density at radius 1 is 1.32 bits per heavy atom. The van der Waals surface area contributed by atoms with Crippen LogP contribution in [0, 0.1) is 11.8 Å². The Labute approximate surface area is 114 Å². The predicted octanol–water partition coefficient (Wildman–Crippen LogP) is 3.04. The van der Waals surface area contributed by atoms with Crippen molar-refractivity contribution in [1.29, 1.82) is 0 Å². The minimum absolute atomic E-state index is 0.0317. The molecule has 2 N–H and O–H groups in total. The van der Waals surface area contributed by atoms with Crippen LogP contribution in [-0.2, 0) is 0 Å². The summed E-state index contributed by atoms with van der Waals surface area (Å²) in [5, 5.41) is 0. The fourth-order valence-corrected chi connectivity index (χ4v) is 4.55. The summed E-state index contributed by atoms with van der Waals surface area (Å²) in [5.41, 5.74) is 7.56. The van der Waals surface area contributed by atoms with Crippen molar-refractivity contribution in [3.63, 3.8) is 0 Å². The van der Waals surface area contributed by atoms with E-state index in [0.29, 0.717) is 0 Å². The zero-order chi connectivity index (χ0) is 13.0. The van der Waals surface area contributed by atoms with Crippen molar-refractivity contribution in [3.8, 4) is 11.5 Å². The number of rotatable bonds is 1. The molecule has 2 fully saturated rings. The monoisotopic (exact) mass is 259 g/mol. The average Bonchev–Trinajstić information content (AvgIpc) is 2.99. The van der Waals surface area contributed by atoms with Crippen molar-refractivity contribution < 1.29 is 9.47 Å². The van der Waals surface area contributed by atoms with Crippen LogP contribution in [0.1, 0.15) is 43.7 Å². The normalized spacial score (nSPS) is 39.2. The minimum Gasteiger partial charge on any atom is -0.497 e. The molecule has 0 saturated heterocycles. The number of methoxy groups -OCH3 is 1. The van der Waals surface area contributed by atoms with Crippen LogP contribution in [0.3, 0.4) is 0 Å². The summed E-state index contributed by atoms with van der Waals surface area (Å²) in [6.45, 7) is 0. The number of fused-ring (bicyclic) bond motifs is 4. The molecule has 3 aliphatic rings. The molecule has 1 aromatic carbocycles. The van der Waals surface area contributed by atoms with Gasteiger partial charge in [-0.3, -0.25) is 0 Å². The summed E-state index contributed by atoms with van der Waals surface area (Å²) in [6, 6.07) is 6.11. The van der Waals surface area contributed by atoms with Gasteiger partial charge in [-0.2, -0.15) is 0 Å². The zero-order valence-corrected chi connectivity index (χ0v) is 11.4. The van der Waals surface area contributed by atoms with Gasteiger partial charge in [0.2, 0.25) is 0 Å². The van der Waals surface area contributed by atoms with Crippen LogP contribution in [0.5, 0.6) is 11.5 Å². The summed E-state index contributed by atoms with van der Waals surface area (Å²) < 4.78 is 11.7. The van der Waals surface area contributed by atoms with Crippen molar-refractivity contribution >= 4 is 0 Å². The Bertz CT molecular complexity index is 515. The molecule has 4 rings (SSSR count). The molecular weight excluding hydrogens is 238 g/mol. The van der Waals surface area contributed by atoms with Gasteiger partial charge in [-0.15, -0.1) is 0 Å². The molecule has 4 atom stereocenters. The molecule has 102 valence electrons. The second-order valence-corrected chi connectivity index (χ2v) is 6.46. The van der Waals surface area contributed by atoms with E-state index < -0.39 is 0 Å². The first-order valence-electron chi connectivity index (χ1n) is 7.33. The molecule has 3 heteroatoms. The zero-order valence-electron chi connectivity index (χ0n) is 11.4. The Balaban J connectivity index is 1.71. The lowest BCUT2D eigenvalue weighted by Gasteiger charge is -2.44. The van der Waals surface area contributed by atoms with Crippen LogP contribution in [0.2, 0.25) is 0 Å². The van der Waals surface area contributed by atoms with Crippen LogP contribution >= 0.6 is 0 Å². The second-order valence-electron chi connectivity index (χ2n) is 6.46. The predicted molar refractivity (Wildman–Crippen MR) is 73.3 cm³/mol. The van der Waals surface area contributed by atoms with Gasteiger partial charge in [-0.05, 0) is 55.7 Å². The van der Waals surface area contributed by atoms with E-state index in [-0.39, 0.29) is 11.6 Å². The number of benzene rings is 1. The Morgan fingerprint density at radius 3 is 2.89 bits per heavy atom. The van der Waals surface area contributed by atoms with Crippen LogP contribution < -0.4 is 15.2 Å². The molecule has 0 radical (unpaired) electrons. The molecule has 3 unspecified atom stereocenters. The minimum atomic E-state index is 0.0317. The molecule has 1 heterocycles. The summed E-state index contributed by atoms with van der Waals surface area (Å²) in [4.78, 5) is 0. The van der Waals surface area contributed by atoms with Crippen molar-refractivity contribution in [2.45, 2.75) is 43.7 Å². The van der Waals surface area contributed by atoms with Crippen LogP contribution in [-0.4, -0.2) is 12.7 Å². The quantitative estimate of drug-likeness (QED) is 0.843. The van der Waals surface area contributed by atoms with Gasteiger partial charge in [-0.25, -0.2) is 0 Å². The van der Waals surface area contributed by atoms with E-state index in [1.165, 1.54) is 25.7 Å². The molecule has 0 aromatic heterocycles. The van der Waals surface area contributed by atoms with Crippen LogP contribution in [0.15, 0.2) is 18.2 Å². The largest absolute Gasteiger partial charge is 0.497 e. The van der Waals surface area contributed by atoms with E-state index in [2.05, 4.69) is 0 Å². The number of hydrogen-bond donors (Lipinski definition) is 1. The summed E-state index contributed by atoms with van der Waals surface area (Å²) >= 11 is 0. The molecule has 1 aromatic rings. The fourth-order valence-electron chi connectivity index (χ4n) is 4.55. The highest BCUT2D eigenvalue weighted by Gasteiger charge is 2.55. The average molecular weight is 259 g/mol. The molecule has 2 saturated carbocycles. The highest BCUT2D eigenvalue weighted by molar-refractivity contribution is 5.44. The molecular formula is C16H21NO2. The van der Waals surface area contributed by atoms with Gasteiger partial charge in [0.15, 0.2) is 0 Å². The van der Waals surface area contributed by atoms with Crippen LogP contribution in [0.4, 0.5) is 0 Å². The Morgan fingerprint density at radius 2 is 2.21 bits per heavy atom. The SMILES string of the molecule is COc1ccc2c(c1)[C@@H](N)CC1(CC3CCC1C3)O2. The summed E-state index contributed by atoms with van der Waals surface area (Å²) in [7, 11) is 1.69. The highest BCUT2D eigenvalue weighted by atomic mass is 16.5. The molecule has 19 heavy (non-hydrogen) atoms. The van der Waals surface area contributed by atoms with E-state index in [1.807, 2.05) is 18.2 Å². The first kappa shape index (κ1) is 11.6. The van der Waals surface area contributed by atoms with Gasteiger partial charge in [0.05, 0.1) is 7.11 Å². The molecule has 3 nitrogen and oxygen atoms in total. The summed E-state index contributed by atoms with van der Waals surface area (Å²) in [6.07, 6.45) is 6.23. The lowest BCUT2D eigenvalue weighted by atomic mass is 9.76. The maximum absolute atomic E-state index is 6.45. The van der Waals surface area contributed by atoms with Gasteiger partial charge < -0.3 is 15.2 Å². The molecule has 2 bridgehead atoms. The number of ether oxygens (including phenoxy) is 2. The highest BCUT2D eigenvalue weighted by Crippen LogP contribution is 2.57. The number of nitrogens with two attached hydrogens (primary N) is 1. The first-order valence-corrected chi connectivity index (χ1v) is 7.33. The molecule has 0 amide bonds. The van der Waals surface area contributed by atoms with Gasteiger partial charge in [0, 0.05) is 18.0 Å². The molecule has 1 spiro atoms. The topological polar surface area (TPSA) is 44.5 Å². The third kappa shape index (κ3) is 1.61. The van der Waals surface area contributed by atoms with Gasteiger partial charge in [0.1, 0.15) is 17.1 Å². The number of hydrogen-bond acceptors (Lipinski definition) is 3. The molecule has 1 aliphatic heterocycles. The summed E-state index contributed by atoms with van der Waals surface area (Å²) in [5.74, 6) is 3.43. The lowest BCUT2D eigenvalue weighted by molar-refractivity contribution is -0.0142. The van der Waals surface area contributed by atoms with Crippen molar-refractivity contribution in [1.82, 2.24) is 0 Å². The van der Waals surface area contributed by atoms with Crippen LogP contribution in [0.25, 0.3) is 0 Å². The molecule has 2 aliphatic carbocycles. The second kappa shape index (κ2) is 3.89. The Hall–Kier alpha value is -1.22. The van der Waals surface area contributed by atoms with Gasteiger partial charge in [-0.1, -0.05) is 0 Å². The third-order valence-electron chi connectivity index (χ3n) is 5.41. The standard InChI is InChI=1S/C16H21NO2/c1-18-12-4-5-15-13(7-12)14(17)9-16(19-15)8-10-2-3-11(16)6-10/h4-5,7,10-11,14H,2-3,6,8-9,17H2,1H3/t10?,11?,14-,16?/m0/s1. The van der Waals surface area contributed by atoms with Crippen molar-refractivity contribution in [3.05, 3.63) is 23.8 Å². The van der Waals surface area contributed by atoms with Gasteiger partial charge >= 0.3 is 0 Å². The van der Waals surface area contributed by atoms with Gasteiger partial charge in [0.25, 0.3) is 0 Å². The van der Waals surface area contributed by atoms with E-state index in [0.717, 1.165) is 35.3 Å². The fraction of sp³-hybridized carbons (Fsp3) is 0.625. The third-order valence-corrected chi connectivity index (χ3v) is 5.41. The Kier molecular flexibility index (Phi) is 2.37. The van der Waals surface area contributed by atoms with E-state index in [1.54, 1.807) is 7.11 Å². The van der Waals surface area contributed by atoms with Crippen molar-refractivity contribution in [2.24, 2.45) is 17.6 Å². The van der Waals surface area contributed by atoms with E-state index in [9.17, 15) is 0 Å².